The first-order chi connectivity index (χ1) is 14.2. The average Bonchev–Trinajstić information content (AvgIpc) is 3.47. The summed E-state index contributed by atoms with van der Waals surface area (Å²) in [5, 5.41) is 7.73. The second-order valence-electron chi connectivity index (χ2n) is 7.30. The molecule has 6 nitrogen and oxygen atoms in total. The van der Waals surface area contributed by atoms with Crippen molar-refractivity contribution in [3.05, 3.63) is 83.4 Å². The molecule has 0 radical (unpaired) electrons. The van der Waals surface area contributed by atoms with Gasteiger partial charge in [-0.25, -0.2) is 9.67 Å². The summed E-state index contributed by atoms with van der Waals surface area (Å²) < 4.78 is 1.95. The minimum absolute atomic E-state index is 0.174. The first kappa shape index (κ1) is 17.4. The van der Waals surface area contributed by atoms with E-state index in [4.69, 9.17) is 5.10 Å². The number of rotatable bonds is 4. The average molecular weight is 383 g/mol. The topological polar surface area (TPSA) is 75.6 Å². The maximum atomic E-state index is 13.1. The number of H-pyrrole nitrogens is 1. The van der Waals surface area contributed by atoms with Gasteiger partial charge in [0.05, 0.1) is 5.69 Å². The van der Waals surface area contributed by atoms with Crippen molar-refractivity contribution in [2.75, 3.05) is 5.32 Å². The molecule has 1 aliphatic carbocycles. The molecule has 1 aliphatic rings. The van der Waals surface area contributed by atoms with Gasteiger partial charge in [0.15, 0.2) is 5.69 Å². The summed E-state index contributed by atoms with van der Waals surface area (Å²) >= 11 is 0. The molecule has 0 aliphatic heterocycles. The third-order valence-corrected chi connectivity index (χ3v) is 5.38. The Hall–Kier alpha value is -3.67. The molecule has 0 spiro atoms. The Bertz CT molecular complexity index is 1190. The number of anilines is 1. The maximum Gasteiger partial charge on any atom is 0.276 e. The fourth-order valence-electron chi connectivity index (χ4n) is 3.98. The van der Waals surface area contributed by atoms with Crippen LogP contribution in [0.4, 0.5) is 5.69 Å². The van der Waals surface area contributed by atoms with Gasteiger partial charge in [-0.15, -0.1) is 0 Å². The fourth-order valence-corrected chi connectivity index (χ4v) is 3.98. The number of carbonyl (C=O) groups is 1. The number of aryl methyl sites for hydroxylation is 1. The first-order valence-corrected chi connectivity index (χ1v) is 9.78. The van der Waals surface area contributed by atoms with Crippen LogP contribution in [0.1, 0.15) is 33.7 Å². The summed E-state index contributed by atoms with van der Waals surface area (Å²) in [5.41, 5.74) is 6.54. The van der Waals surface area contributed by atoms with E-state index in [1.165, 1.54) is 0 Å². The second kappa shape index (κ2) is 7.05. The van der Waals surface area contributed by atoms with Crippen molar-refractivity contribution in [1.29, 1.82) is 0 Å². The van der Waals surface area contributed by atoms with Crippen molar-refractivity contribution in [3.63, 3.8) is 0 Å². The molecule has 2 heterocycles. The van der Waals surface area contributed by atoms with E-state index < -0.39 is 0 Å². The molecule has 2 N–H and O–H groups in total. The number of hydrogen-bond acceptors (Lipinski definition) is 3. The Balaban J connectivity index is 1.48. The van der Waals surface area contributed by atoms with Crippen LogP contribution in [0.5, 0.6) is 0 Å². The normalized spacial score (nSPS) is 12.7. The number of nitrogens with zero attached hydrogens (tertiary/aromatic N) is 3. The van der Waals surface area contributed by atoms with Crippen LogP contribution in [0.3, 0.4) is 0 Å². The Morgan fingerprint density at radius 1 is 1.14 bits per heavy atom. The highest BCUT2D eigenvalue weighted by atomic mass is 16.2. The summed E-state index contributed by atoms with van der Waals surface area (Å²) in [7, 11) is 0. The lowest BCUT2D eigenvalue weighted by Gasteiger charge is -2.08. The van der Waals surface area contributed by atoms with Crippen LogP contribution in [0.15, 0.2) is 60.9 Å². The van der Waals surface area contributed by atoms with Gasteiger partial charge in [-0.05, 0) is 49.9 Å². The van der Waals surface area contributed by atoms with Gasteiger partial charge in [-0.3, -0.25) is 4.79 Å². The third-order valence-electron chi connectivity index (χ3n) is 5.38. The fraction of sp³-hybridized carbons (Fsp3) is 0.174. The van der Waals surface area contributed by atoms with E-state index in [0.29, 0.717) is 5.69 Å². The molecular weight excluding hydrogens is 362 g/mol. The number of carbonyl (C=O) groups excluding carboxylic acids is 1. The third kappa shape index (κ3) is 3.12. The quantitative estimate of drug-likeness (QED) is 0.551. The van der Waals surface area contributed by atoms with E-state index >= 15 is 0 Å². The van der Waals surface area contributed by atoms with Gasteiger partial charge in [-0.1, -0.05) is 30.3 Å². The van der Waals surface area contributed by atoms with Crippen LogP contribution in [0.25, 0.3) is 17.1 Å². The minimum Gasteiger partial charge on any atom is -0.345 e. The minimum atomic E-state index is -0.174. The van der Waals surface area contributed by atoms with Crippen molar-refractivity contribution in [2.24, 2.45) is 0 Å². The number of fused-ring (bicyclic) bond motifs is 1. The molecule has 144 valence electrons. The van der Waals surface area contributed by atoms with Crippen LogP contribution in [0.2, 0.25) is 0 Å². The number of amides is 1. The van der Waals surface area contributed by atoms with Crippen molar-refractivity contribution in [2.45, 2.75) is 26.2 Å². The van der Waals surface area contributed by atoms with Crippen LogP contribution in [-0.2, 0) is 12.8 Å². The van der Waals surface area contributed by atoms with Crippen molar-refractivity contribution >= 4 is 11.6 Å². The lowest BCUT2D eigenvalue weighted by Crippen LogP contribution is -2.15. The highest BCUT2D eigenvalue weighted by molar-refractivity contribution is 6.04. The van der Waals surface area contributed by atoms with E-state index in [9.17, 15) is 4.79 Å². The zero-order valence-electron chi connectivity index (χ0n) is 16.1. The van der Waals surface area contributed by atoms with E-state index in [0.717, 1.165) is 58.8 Å². The number of imidazole rings is 1. The van der Waals surface area contributed by atoms with E-state index in [1.54, 1.807) is 12.4 Å². The van der Waals surface area contributed by atoms with Gasteiger partial charge in [0.25, 0.3) is 5.91 Å². The molecular formula is C23H21N5O. The molecule has 0 saturated carbocycles. The monoisotopic (exact) mass is 383 g/mol. The van der Waals surface area contributed by atoms with Crippen molar-refractivity contribution in [3.8, 4) is 17.1 Å². The standard InChI is InChI=1S/C23H21N5O/c1-15-6-2-3-10-19(15)28-20-11-5-9-18(20)21(27-28)23(29)26-17-8-4-7-16(14-17)22-24-12-13-25-22/h2-4,6-8,10,12-14H,5,9,11H2,1H3,(H,24,25)(H,26,29). The van der Waals surface area contributed by atoms with Gasteiger partial charge >= 0.3 is 0 Å². The van der Waals surface area contributed by atoms with Gasteiger partial charge in [0, 0.05) is 34.9 Å². The number of para-hydroxylation sites is 1. The Kier molecular flexibility index (Phi) is 4.24. The zero-order chi connectivity index (χ0) is 19.8. The number of benzene rings is 2. The number of aromatic nitrogens is 4. The zero-order valence-corrected chi connectivity index (χ0v) is 16.1. The molecule has 0 unspecified atom stereocenters. The van der Waals surface area contributed by atoms with E-state index in [1.807, 2.05) is 41.1 Å². The lowest BCUT2D eigenvalue weighted by molar-refractivity contribution is 0.102. The highest BCUT2D eigenvalue weighted by Crippen LogP contribution is 2.29. The van der Waals surface area contributed by atoms with Crippen LogP contribution in [0, 0.1) is 6.92 Å². The van der Waals surface area contributed by atoms with Crippen molar-refractivity contribution < 1.29 is 4.79 Å². The van der Waals surface area contributed by atoms with Crippen LogP contribution >= 0.6 is 0 Å². The summed E-state index contributed by atoms with van der Waals surface area (Å²) in [6, 6.07) is 15.8. The molecule has 2 aromatic heterocycles. The molecule has 29 heavy (non-hydrogen) atoms. The molecule has 6 heteroatoms. The van der Waals surface area contributed by atoms with Crippen LogP contribution < -0.4 is 5.32 Å². The van der Waals surface area contributed by atoms with Gasteiger partial charge in [-0.2, -0.15) is 5.10 Å². The molecule has 4 aromatic rings. The molecule has 0 atom stereocenters. The van der Waals surface area contributed by atoms with Crippen LogP contribution in [-0.4, -0.2) is 25.7 Å². The molecule has 0 bridgehead atoms. The molecule has 0 fully saturated rings. The smallest absolute Gasteiger partial charge is 0.276 e. The van der Waals surface area contributed by atoms with Crippen molar-refractivity contribution in [1.82, 2.24) is 19.7 Å². The van der Waals surface area contributed by atoms with Gasteiger partial charge in [0.1, 0.15) is 5.82 Å². The maximum absolute atomic E-state index is 13.1. The predicted octanol–water partition coefficient (Wildman–Crippen LogP) is 4.31. The lowest BCUT2D eigenvalue weighted by atomic mass is 10.1. The summed E-state index contributed by atoms with van der Waals surface area (Å²) in [6.07, 6.45) is 6.37. The molecule has 0 saturated heterocycles. The Morgan fingerprint density at radius 2 is 2.03 bits per heavy atom. The molecule has 2 aromatic carbocycles. The van der Waals surface area contributed by atoms with Gasteiger partial charge in [0.2, 0.25) is 0 Å². The van der Waals surface area contributed by atoms with E-state index in [2.05, 4.69) is 34.3 Å². The summed E-state index contributed by atoms with van der Waals surface area (Å²) in [4.78, 5) is 20.5. The van der Waals surface area contributed by atoms with Gasteiger partial charge < -0.3 is 10.3 Å². The number of aromatic amines is 1. The first-order valence-electron chi connectivity index (χ1n) is 9.78. The highest BCUT2D eigenvalue weighted by Gasteiger charge is 2.27. The Labute approximate surface area is 168 Å². The number of nitrogens with one attached hydrogen (secondary N) is 2. The second-order valence-corrected chi connectivity index (χ2v) is 7.30. The molecule has 5 rings (SSSR count). The SMILES string of the molecule is Cc1ccccc1-n1nc(C(=O)Nc2cccc(-c3ncc[nH]3)c2)c2c1CCC2. The largest absolute Gasteiger partial charge is 0.345 e. The van der Waals surface area contributed by atoms with E-state index in [-0.39, 0.29) is 5.91 Å². The predicted molar refractivity (Wildman–Crippen MR) is 112 cm³/mol. The number of hydrogen-bond donors (Lipinski definition) is 2. The Morgan fingerprint density at radius 3 is 2.86 bits per heavy atom. The summed E-state index contributed by atoms with van der Waals surface area (Å²) in [6.45, 7) is 2.07. The molecule has 1 amide bonds. The summed E-state index contributed by atoms with van der Waals surface area (Å²) in [5.74, 6) is 0.595.